The molecule has 0 aliphatic rings. The van der Waals surface area contributed by atoms with E-state index in [1.165, 1.54) is 17.7 Å². The van der Waals surface area contributed by atoms with Crippen LogP contribution in [0.2, 0.25) is 0 Å². The van der Waals surface area contributed by atoms with Crippen LogP contribution < -0.4 is 5.73 Å². The Hall–Kier alpha value is -0.890. The number of hydrogen-bond donors (Lipinski definition) is 1. The van der Waals surface area contributed by atoms with Gasteiger partial charge in [-0.1, -0.05) is 19.1 Å². The minimum absolute atomic E-state index is 0.173. The van der Waals surface area contributed by atoms with Crippen LogP contribution in [0.3, 0.4) is 0 Å². The summed E-state index contributed by atoms with van der Waals surface area (Å²) in [6, 6.07) is 6.94. The van der Waals surface area contributed by atoms with E-state index in [1.807, 2.05) is 19.1 Å². The topological polar surface area (TPSA) is 26.0 Å². The SMILES string of the molecule is CC(N)CC(C)Cc1ccc(F)cc1. The second-order valence-electron chi connectivity index (χ2n) is 4.15. The molecule has 0 saturated heterocycles. The Balaban J connectivity index is 2.47. The molecule has 2 heteroatoms. The van der Waals surface area contributed by atoms with Gasteiger partial charge in [0, 0.05) is 6.04 Å². The van der Waals surface area contributed by atoms with Crippen LogP contribution in [0.15, 0.2) is 24.3 Å². The van der Waals surface area contributed by atoms with Crippen molar-refractivity contribution >= 4 is 0 Å². The van der Waals surface area contributed by atoms with Crippen molar-refractivity contribution in [2.24, 2.45) is 11.7 Å². The van der Waals surface area contributed by atoms with Gasteiger partial charge in [0.15, 0.2) is 0 Å². The van der Waals surface area contributed by atoms with E-state index in [9.17, 15) is 4.39 Å². The van der Waals surface area contributed by atoms with Gasteiger partial charge in [-0.25, -0.2) is 4.39 Å². The number of nitrogens with two attached hydrogens (primary N) is 1. The number of halogens is 1. The van der Waals surface area contributed by atoms with Crippen LogP contribution in [0, 0.1) is 11.7 Å². The molecule has 0 aliphatic carbocycles. The Morgan fingerprint density at radius 3 is 2.29 bits per heavy atom. The van der Waals surface area contributed by atoms with E-state index in [-0.39, 0.29) is 11.9 Å². The van der Waals surface area contributed by atoms with E-state index in [0.29, 0.717) is 5.92 Å². The Labute approximate surface area is 85.1 Å². The summed E-state index contributed by atoms with van der Waals surface area (Å²) < 4.78 is 12.6. The van der Waals surface area contributed by atoms with Crippen molar-refractivity contribution < 1.29 is 4.39 Å². The zero-order valence-corrected chi connectivity index (χ0v) is 8.83. The van der Waals surface area contributed by atoms with Crippen molar-refractivity contribution in [2.45, 2.75) is 32.7 Å². The standard InChI is InChI=1S/C12H18FN/c1-9(7-10(2)14)8-11-3-5-12(13)6-4-11/h3-6,9-10H,7-8,14H2,1-2H3. The van der Waals surface area contributed by atoms with E-state index in [0.717, 1.165) is 12.8 Å². The molecule has 2 atom stereocenters. The zero-order chi connectivity index (χ0) is 10.6. The van der Waals surface area contributed by atoms with Gasteiger partial charge < -0.3 is 5.73 Å². The lowest BCUT2D eigenvalue weighted by Crippen LogP contribution is -2.19. The summed E-state index contributed by atoms with van der Waals surface area (Å²) in [6.07, 6.45) is 1.99. The molecule has 1 aromatic carbocycles. The molecule has 0 bridgehead atoms. The molecule has 0 heterocycles. The summed E-state index contributed by atoms with van der Waals surface area (Å²) in [5.41, 5.74) is 6.89. The van der Waals surface area contributed by atoms with Crippen LogP contribution >= 0.6 is 0 Å². The normalized spacial score (nSPS) is 15.1. The average molecular weight is 195 g/mol. The quantitative estimate of drug-likeness (QED) is 0.785. The van der Waals surface area contributed by atoms with E-state index in [2.05, 4.69) is 6.92 Å². The Kier molecular flexibility index (Phi) is 4.08. The molecule has 0 aliphatic heterocycles. The van der Waals surface area contributed by atoms with Crippen molar-refractivity contribution in [2.75, 3.05) is 0 Å². The predicted octanol–water partition coefficient (Wildman–Crippen LogP) is 2.74. The summed E-state index contributed by atoms with van der Waals surface area (Å²) >= 11 is 0. The maximum Gasteiger partial charge on any atom is 0.123 e. The third-order valence-electron chi connectivity index (χ3n) is 2.27. The molecule has 14 heavy (non-hydrogen) atoms. The van der Waals surface area contributed by atoms with Crippen LogP contribution in [-0.2, 0) is 6.42 Å². The Morgan fingerprint density at radius 1 is 1.21 bits per heavy atom. The second kappa shape index (κ2) is 5.11. The number of hydrogen-bond acceptors (Lipinski definition) is 1. The first-order chi connectivity index (χ1) is 6.58. The van der Waals surface area contributed by atoms with E-state index >= 15 is 0 Å². The first-order valence-corrected chi connectivity index (χ1v) is 5.08. The van der Waals surface area contributed by atoms with Crippen LogP contribution in [0.1, 0.15) is 25.8 Å². The predicted molar refractivity (Wildman–Crippen MR) is 57.5 cm³/mol. The molecule has 0 aromatic heterocycles. The van der Waals surface area contributed by atoms with Gasteiger partial charge in [0.25, 0.3) is 0 Å². The molecule has 2 N–H and O–H groups in total. The fraction of sp³-hybridized carbons (Fsp3) is 0.500. The molecular weight excluding hydrogens is 177 g/mol. The second-order valence-corrected chi connectivity index (χ2v) is 4.15. The van der Waals surface area contributed by atoms with Gasteiger partial charge >= 0.3 is 0 Å². The summed E-state index contributed by atoms with van der Waals surface area (Å²) in [5.74, 6) is 0.383. The van der Waals surface area contributed by atoms with Gasteiger partial charge in [-0.05, 0) is 43.4 Å². The number of rotatable bonds is 4. The third kappa shape index (κ3) is 3.88. The smallest absolute Gasteiger partial charge is 0.123 e. The average Bonchev–Trinajstić information content (AvgIpc) is 2.07. The van der Waals surface area contributed by atoms with Crippen molar-refractivity contribution in [3.8, 4) is 0 Å². The fourth-order valence-electron chi connectivity index (χ4n) is 1.74. The highest BCUT2D eigenvalue weighted by atomic mass is 19.1. The molecule has 0 saturated carbocycles. The van der Waals surface area contributed by atoms with Crippen LogP contribution in [-0.4, -0.2) is 6.04 Å². The van der Waals surface area contributed by atoms with Gasteiger partial charge in [-0.3, -0.25) is 0 Å². The lowest BCUT2D eigenvalue weighted by Gasteiger charge is -2.13. The molecule has 0 fully saturated rings. The van der Waals surface area contributed by atoms with Crippen molar-refractivity contribution in [1.29, 1.82) is 0 Å². The summed E-state index contributed by atoms with van der Waals surface area (Å²) in [5, 5.41) is 0. The Morgan fingerprint density at radius 2 is 1.79 bits per heavy atom. The maximum atomic E-state index is 12.6. The molecule has 0 radical (unpaired) electrons. The minimum atomic E-state index is -0.173. The number of benzene rings is 1. The summed E-state index contributed by atoms with van der Waals surface area (Å²) in [4.78, 5) is 0. The summed E-state index contributed by atoms with van der Waals surface area (Å²) in [6.45, 7) is 4.19. The monoisotopic (exact) mass is 195 g/mol. The third-order valence-corrected chi connectivity index (χ3v) is 2.27. The van der Waals surface area contributed by atoms with Crippen LogP contribution in [0.25, 0.3) is 0 Å². The van der Waals surface area contributed by atoms with E-state index in [4.69, 9.17) is 5.73 Å². The molecule has 78 valence electrons. The van der Waals surface area contributed by atoms with Gasteiger partial charge in [-0.15, -0.1) is 0 Å². The highest BCUT2D eigenvalue weighted by molar-refractivity contribution is 5.16. The van der Waals surface area contributed by atoms with Crippen LogP contribution in [0.5, 0.6) is 0 Å². The van der Waals surface area contributed by atoms with Gasteiger partial charge in [0.1, 0.15) is 5.82 Å². The first-order valence-electron chi connectivity index (χ1n) is 5.08. The van der Waals surface area contributed by atoms with Crippen molar-refractivity contribution in [1.82, 2.24) is 0 Å². The first kappa shape index (κ1) is 11.2. The molecule has 1 nitrogen and oxygen atoms in total. The van der Waals surface area contributed by atoms with E-state index in [1.54, 1.807) is 0 Å². The Bertz CT molecular complexity index is 266. The fourth-order valence-corrected chi connectivity index (χ4v) is 1.74. The maximum absolute atomic E-state index is 12.6. The van der Waals surface area contributed by atoms with Crippen molar-refractivity contribution in [3.63, 3.8) is 0 Å². The highest BCUT2D eigenvalue weighted by Gasteiger charge is 2.06. The molecule has 1 rings (SSSR count). The lowest BCUT2D eigenvalue weighted by atomic mass is 9.95. The van der Waals surface area contributed by atoms with Crippen LogP contribution in [0.4, 0.5) is 4.39 Å². The molecular formula is C12H18FN. The van der Waals surface area contributed by atoms with Gasteiger partial charge in [-0.2, -0.15) is 0 Å². The van der Waals surface area contributed by atoms with Gasteiger partial charge in [0.2, 0.25) is 0 Å². The molecule has 0 spiro atoms. The van der Waals surface area contributed by atoms with Crippen molar-refractivity contribution in [3.05, 3.63) is 35.6 Å². The highest BCUT2D eigenvalue weighted by Crippen LogP contribution is 2.13. The van der Waals surface area contributed by atoms with Gasteiger partial charge in [0.05, 0.1) is 0 Å². The molecule has 0 amide bonds. The largest absolute Gasteiger partial charge is 0.328 e. The summed E-state index contributed by atoms with van der Waals surface area (Å²) in [7, 11) is 0. The lowest BCUT2D eigenvalue weighted by molar-refractivity contribution is 0.479. The minimum Gasteiger partial charge on any atom is -0.328 e. The molecule has 1 aromatic rings. The zero-order valence-electron chi connectivity index (χ0n) is 8.83. The van der Waals surface area contributed by atoms with E-state index < -0.39 is 0 Å². The molecule has 2 unspecified atom stereocenters.